The molecule has 0 aliphatic carbocycles. The van der Waals surface area contributed by atoms with E-state index in [1.165, 1.54) is 18.9 Å². The molecule has 0 amide bonds. The van der Waals surface area contributed by atoms with E-state index < -0.39 is 5.60 Å². The Bertz CT molecular complexity index is 372. The Morgan fingerprint density at radius 2 is 2.18 bits per heavy atom. The number of hydrogen-bond donors (Lipinski definition) is 2. The fourth-order valence-electron chi connectivity index (χ4n) is 2.59. The Hall–Kier alpha value is -0.930. The van der Waals surface area contributed by atoms with E-state index in [-0.39, 0.29) is 5.82 Å². The van der Waals surface area contributed by atoms with Gasteiger partial charge in [-0.15, -0.1) is 0 Å². The van der Waals surface area contributed by atoms with Crippen LogP contribution in [0.3, 0.4) is 0 Å². The van der Waals surface area contributed by atoms with Gasteiger partial charge in [0.15, 0.2) is 0 Å². The predicted molar refractivity (Wildman–Crippen MR) is 66.2 cm³/mol. The molecule has 2 rings (SSSR count). The molecule has 94 valence electrons. The second kappa shape index (κ2) is 5.15. The van der Waals surface area contributed by atoms with E-state index >= 15 is 0 Å². The van der Waals surface area contributed by atoms with Gasteiger partial charge in [0.1, 0.15) is 5.82 Å². The van der Waals surface area contributed by atoms with Crippen molar-refractivity contribution < 1.29 is 9.50 Å². The first kappa shape index (κ1) is 12.5. The Labute approximate surface area is 102 Å². The second-order valence-corrected chi connectivity index (χ2v) is 5.10. The van der Waals surface area contributed by atoms with Crippen LogP contribution in [0.25, 0.3) is 0 Å². The number of benzene rings is 1. The van der Waals surface area contributed by atoms with E-state index in [4.69, 9.17) is 0 Å². The molecule has 0 bridgehead atoms. The minimum atomic E-state index is -1.10. The molecule has 17 heavy (non-hydrogen) atoms. The quantitative estimate of drug-likeness (QED) is 0.847. The molecule has 1 aromatic carbocycles. The third-order valence-corrected chi connectivity index (χ3v) is 3.51. The van der Waals surface area contributed by atoms with Gasteiger partial charge in [-0.05, 0) is 38.8 Å². The summed E-state index contributed by atoms with van der Waals surface area (Å²) in [4.78, 5) is 0. The highest BCUT2D eigenvalue weighted by Crippen LogP contribution is 2.29. The summed E-state index contributed by atoms with van der Waals surface area (Å²) in [5.41, 5.74) is -0.701. The molecule has 1 saturated heterocycles. The summed E-state index contributed by atoms with van der Waals surface area (Å²) in [6.45, 7) is 2.69. The molecule has 0 saturated carbocycles. The first-order valence-corrected chi connectivity index (χ1v) is 6.30. The molecule has 1 aliphatic heterocycles. The van der Waals surface area contributed by atoms with Gasteiger partial charge in [-0.1, -0.05) is 24.6 Å². The van der Waals surface area contributed by atoms with Gasteiger partial charge in [0.05, 0.1) is 5.60 Å². The highest BCUT2D eigenvalue weighted by Gasteiger charge is 2.30. The second-order valence-electron chi connectivity index (χ2n) is 5.10. The third-order valence-electron chi connectivity index (χ3n) is 3.51. The summed E-state index contributed by atoms with van der Waals surface area (Å²) in [5.74, 6) is -0.326. The Kier molecular flexibility index (Phi) is 3.79. The molecule has 0 aromatic heterocycles. The van der Waals surface area contributed by atoms with Crippen molar-refractivity contribution in [1.82, 2.24) is 5.32 Å². The SMILES string of the molecule is CC(O)(CC1CCCCN1)c1ccccc1F. The zero-order valence-electron chi connectivity index (χ0n) is 10.2. The topological polar surface area (TPSA) is 32.3 Å². The Morgan fingerprint density at radius 3 is 2.82 bits per heavy atom. The van der Waals surface area contributed by atoms with Gasteiger partial charge in [0.2, 0.25) is 0 Å². The summed E-state index contributed by atoms with van der Waals surface area (Å²) in [5, 5.41) is 13.8. The molecule has 1 aromatic rings. The van der Waals surface area contributed by atoms with Crippen molar-refractivity contribution in [3.63, 3.8) is 0 Å². The fraction of sp³-hybridized carbons (Fsp3) is 0.571. The Balaban J connectivity index is 2.10. The zero-order valence-corrected chi connectivity index (χ0v) is 10.2. The van der Waals surface area contributed by atoms with Crippen LogP contribution in [0.4, 0.5) is 4.39 Å². The maximum Gasteiger partial charge on any atom is 0.129 e. The van der Waals surface area contributed by atoms with E-state index in [0.29, 0.717) is 18.0 Å². The lowest BCUT2D eigenvalue weighted by molar-refractivity contribution is 0.0298. The monoisotopic (exact) mass is 237 g/mol. The van der Waals surface area contributed by atoms with Crippen LogP contribution in [0.15, 0.2) is 24.3 Å². The van der Waals surface area contributed by atoms with Gasteiger partial charge in [0.25, 0.3) is 0 Å². The van der Waals surface area contributed by atoms with E-state index in [0.717, 1.165) is 13.0 Å². The predicted octanol–water partition coefficient (Wildman–Crippen LogP) is 2.57. The van der Waals surface area contributed by atoms with Crippen LogP contribution in [-0.2, 0) is 5.60 Å². The van der Waals surface area contributed by atoms with Crippen molar-refractivity contribution >= 4 is 0 Å². The van der Waals surface area contributed by atoms with Crippen LogP contribution in [0.5, 0.6) is 0 Å². The maximum absolute atomic E-state index is 13.7. The van der Waals surface area contributed by atoms with Crippen molar-refractivity contribution in [2.24, 2.45) is 0 Å². The van der Waals surface area contributed by atoms with Crippen LogP contribution in [0.2, 0.25) is 0 Å². The molecular formula is C14H20FNO. The largest absolute Gasteiger partial charge is 0.385 e. The standard InChI is InChI=1S/C14H20FNO/c1-14(17,10-11-6-4-5-9-16-11)12-7-2-3-8-13(12)15/h2-3,7-8,11,16-17H,4-6,9-10H2,1H3. The van der Waals surface area contributed by atoms with Crippen molar-refractivity contribution in [3.8, 4) is 0 Å². The van der Waals surface area contributed by atoms with Crippen LogP contribution in [0.1, 0.15) is 38.2 Å². The van der Waals surface area contributed by atoms with Gasteiger partial charge in [-0.3, -0.25) is 0 Å². The van der Waals surface area contributed by atoms with Crippen LogP contribution >= 0.6 is 0 Å². The molecule has 1 aliphatic rings. The van der Waals surface area contributed by atoms with Gasteiger partial charge in [-0.2, -0.15) is 0 Å². The first-order chi connectivity index (χ1) is 8.09. The lowest BCUT2D eigenvalue weighted by atomic mass is 9.86. The average Bonchev–Trinajstić information content (AvgIpc) is 2.30. The highest BCUT2D eigenvalue weighted by molar-refractivity contribution is 5.23. The molecule has 2 atom stereocenters. The summed E-state index contributed by atoms with van der Waals surface area (Å²) in [6, 6.07) is 6.77. The van der Waals surface area contributed by atoms with Crippen molar-refractivity contribution in [2.45, 2.75) is 44.2 Å². The van der Waals surface area contributed by atoms with Gasteiger partial charge >= 0.3 is 0 Å². The van der Waals surface area contributed by atoms with Crippen LogP contribution in [-0.4, -0.2) is 17.7 Å². The Morgan fingerprint density at radius 1 is 1.41 bits per heavy atom. The molecule has 2 unspecified atom stereocenters. The van der Waals surface area contributed by atoms with E-state index in [2.05, 4.69) is 5.32 Å². The number of piperidine rings is 1. The molecule has 0 spiro atoms. The smallest absolute Gasteiger partial charge is 0.129 e. The van der Waals surface area contributed by atoms with Crippen LogP contribution in [0, 0.1) is 5.82 Å². The number of halogens is 1. The third kappa shape index (κ3) is 3.05. The molecule has 1 fully saturated rings. The highest BCUT2D eigenvalue weighted by atomic mass is 19.1. The van der Waals surface area contributed by atoms with Crippen molar-refractivity contribution in [2.75, 3.05) is 6.54 Å². The first-order valence-electron chi connectivity index (χ1n) is 6.30. The maximum atomic E-state index is 13.7. The summed E-state index contributed by atoms with van der Waals surface area (Å²) in [7, 11) is 0. The van der Waals surface area contributed by atoms with Gasteiger partial charge < -0.3 is 10.4 Å². The lowest BCUT2D eigenvalue weighted by Gasteiger charge is -2.32. The summed E-state index contributed by atoms with van der Waals surface area (Å²) < 4.78 is 13.7. The summed E-state index contributed by atoms with van der Waals surface area (Å²) in [6.07, 6.45) is 4.00. The molecule has 0 radical (unpaired) electrons. The molecular weight excluding hydrogens is 217 g/mol. The summed E-state index contributed by atoms with van der Waals surface area (Å²) >= 11 is 0. The van der Waals surface area contributed by atoms with Crippen LogP contribution < -0.4 is 5.32 Å². The number of aliphatic hydroxyl groups is 1. The molecule has 2 nitrogen and oxygen atoms in total. The number of nitrogens with one attached hydrogen (secondary N) is 1. The fourth-order valence-corrected chi connectivity index (χ4v) is 2.59. The van der Waals surface area contributed by atoms with E-state index in [1.54, 1.807) is 25.1 Å². The van der Waals surface area contributed by atoms with E-state index in [1.807, 2.05) is 0 Å². The lowest BCUT2D eigenvalue weighted by Crippen LogP contribution is -2.40. The minimum Gasteiger partial charge on any atom is -0.385 e. The van der Waals surface area contributed by atoms with Gasteiger partial charge in [-0.25, -0.2) is 4.39 Å². The van der Waals surface area contributed by atoms with Gasteiger partial charge in [0, 0.05) is 11.6 Å². The zero-order chi connectivity index (χ0) is 12.3. The number of rotatable bonds is 3. The number of hydrogen-bond acceptors (Lipinski definition) is 2. The molecule has 2 N–H and O–H groups in total. The molecule has 1 heterocycles. The molecule has 3 heteroatoms. The minimum absolute atomic E-state index is 0.290. The average molecular weight is 237 g/mol. The van der Waals surface area contributed by atoms with Crippen molar-refractivity contribution in [1.29, 1.82) is 0 Å². The normalized spacial score (nSPS) is 24.3. The van der Waals surface area contributed by atoms with E-state index in [9.17, 15) is 9.50 Å². The van der Waals surface area contributed by atoms with Crippen molar-refractivity contribution in [3.05, 3.63) is 35.6 Å².